The Balaban J connectivity index is 4.63. The van der Waals surface area contributed by atoms with E-state index in [0.29, 0.717) is 19.3 Å². The highest BCUT2D eigenvalue weighted by molar-refractivity contribution is 5.77. The summed E-state index contributed by atoms with van der Waals surface area (Å²) >= 11 is 0. The van der Waals surface area contributed by atoms with Gasteiger partial charge in [-0.3, -0.25) is 9.59 Å². The van der Waals surface area contributed by atoms with E-state index in [1.54, 1.807) is 0 Å². The first kappa shape index (κ1) is 56.6. The van der Waals surface area contributed by atoms with Crippen LogP contribution in [0, 0.1) is 0 Å². The molecule has 0 saturated carbocycles. The fourth-order valence-electron chi connectivity index (χ4n) is 7.36. The number of esters is 1. The minimum Gasteiger partial charge on any atom is -0.462 e. The molecular formula is C53H95NO5. The molecular weight excluding hydrogens is 731 g/mol. The van der Waals surface area contributed by atoms with Crippen LogP contribution in [-0.4, -0.2) is 46.9 Å². The van der Waals surface area contributed by atoms with Crippen LogP contribution >= 0.6 is 0 Å². The Bertz CT molecular complexity index is 1060. The zero-order valence-corrected chi connectivity index (χ0v) is 38.9. The molecule has 0 spiro atoms. The van der Waals surface area contributed by atoms with Crippen LogP contribution in [0.2, 0.25) is 0 Å². The highest BCUT2D eigenvalue weighted by Gasteiger charge is 2.24. The van der Waals surface area contributed by atoms with Crippen molar-refractivity contribution in [1.29, 1.82) is 0 Å². The first-order chi connectivity index (χ1) is 29.0. The first-order valence-electron chi connectivity index (χ1n) is 25.1. The van der Waals surface area contributed by atoms with Crippen molar-refractivity contribution in [1.82, 2.24) is 5.32 Å². The highest BCUT2D eigenvalue weighted by Crippen LogP contribution is 2.17. The molecule has 0 aromatic heterocycles. The van der Waals surface area contributed by atoms with E-state index in [2.05, 4.69) is 86.8 Å². The Kier molecular flexibility index (Phi) is 44.7. The van der Waals surface area contributed by atoms with E-state index in [0.717, 1.165) is 89.9 Å². The summed E-state index contributed by atoms with van der Waals surface area (Å²) in [5, 5.41) is 23.7. The second-order valence-electron chi connectivity index (χ2n) is 16.9. The lowest BCUT2D eigenvalue weighted by Crippen LogP contribution is -2.46. The van der Waals surface area contributed by atoms with Gasteiger partial charge in [-0.2, -0.15) is 0 Å². The number of ether oxygens (including phenoxy) is 1. The Hall–Kier alpha value is -2.44. The predicted molar refractivity (Wildman–Crippen MR) is 255 cm³/mol. The van der Waals surface area contributed by atoms with Crippen molar-refractivity contribution in [2.24, 2.45) is 0 Å². The molecule has 0 aromatic carbocycles. The van der Waals surface area contributed by atoms with Crippen LogP contribution in [0.25, 0.3) is 0 Å². The van der Waals surface area contributed by atoms with Gasteiger partial charge in [-0.1, -0.05) is 216 Å². The molecule has 0 heterocycles. The predicted octanol–water partition coefficient (Wildman–Crippen LogP) is 14.8. The number of carbonyl (C=O) groups is 2. The lowest BCUT2D eigenvalue weighted by atomic mass is 10.0. The number of hydrogen-bond donors (Lipinski definition) is 3. The second-order valence-corrected chi connectivity index (χ2v) is 16.9. The molecule has 0 bridgehead atoms. The molecule has 0 fully saturated rings. The van der Waals surface area contributed by atoms with Crippen LogP contribution in [0.15, 0.2) is 60.8 Å². The van der Waals surface area contributed by atoms with Crippen molar-refractivity contribution in [3.05, 3.63) is 60.8 Å². The van der Waals surface area contributed by atoms with Gasteiger partial charge in [-0.25, -0.2) is 0 Å². The molecule has 3 atom stereocenters. The van der Waals surface area contributed by atoms with E-state index in [1.807, 2.05) is 0 Å². The van der Waals surface area contributed by atoms with Gasteiger partial charge in [0.05, 0.1) is 25.2 Å². The summed E-state index contributed by atoms with van der Waals surface area (Å²) in [6.07, 6.45) is 57.0. The van der Waals surface area contributed by atoms with Gasteiger partial charge in [0.15, 0.2) is 0 Å². The smallest absolute Gasteiger partial charge is 0.306 e. The normalized spacial score (nSPS) is 13.8. The molecule has 3 unspecified atom stereocenters. The van der Waals surface area contributed by atoms with Crippen LogP contribution in [0.3, 0.4) is 0 Å². The summed E-state index contributed by atoms with van der Waals surface area (Å²) in [4.78, 5) is 26.1. The van der Waals surface area contributed by atoms with E-state index in [4.69, 9.17) is 4.74 Å². The summed E-state index contributed by atoms with van der Waals surface area (Å²) in [5.41, 5.74) is 0. The Morgan fingerprint density at radius 1 is 0.508 bits per heavy atom. The van der Waals surface area contributed by atoms with E-state index in [1.165, 1.54) is 103 Å². The van der Waals surface area contributed by atoms with Gasteiger partial charge < -0.3 is 20.3 Å². The number of amides is 1. The minimum absolute atomic E-state index is 0.0578. The zero-order valence-electron chi connectivity index (χ0n) is 38.9. The quantitative estimate of drug-likeness (QED) is 0.0323. The third-order valence-corrected chi connectivity index (χ3v) is 11.2. The number of hydrogen-bond acceptors (Lipinski definition) is 5. The SMILES string of the molecule is CC/C=C/C=C/C=C/CCCCCCCCCC(=O)OC(CCCCCC/C=C/C=C/CCCCC)CC(=O)NC(CO)C(O)CCCCCCCCCCCCCC. The van der Waals surface area contributed by atoms with Gasteiger partial charge in [0.1, 0.15) is 6.10 Å². The molecule has 6 heteroatoms. The molecule has 0 aliphatic heterocycles. The first-order valence-corrected chi connectivity index (χ1v) is 25.1. The summed E-state index contributed by atoms with van der Waals surface area (Å²) in [5.74, 6) is -0.507. The molecule has 3 N–H and O–H groups in total. The van der Waals surface area contributed by atoms with E-state index in [9.17, 15) is 19.8 Å². The van der Waals surface area contributed by atoms with Crippen molar-refractivity contribution >= 4 is 11.9 Å². The Morgan fingerprint density at radius 2 is 0.915 bits per heavy atom. The summed E-state index contributed by atoms with van der Waals surface area (Å²) < 4.78 is 5.91. The number of carbonyl (C=O) groups excluding carboxylic acids is 2. The maximum atomic E-state index is 13.2. The van der Waals surface area contributed by atoms with E-state index in [-0.39, 0.29) is 24.9 Å². The number of rotatable bonds is 44. The highest BCUT2D eigenvalue weighted by atomic mass is 16.5. The van der Waals surface area contributed by atoms with Gasteiger partial charge in [0.2, 0.25) is 5.91 Å². The van der Waals surface area contributed by atoms with Gasteiger partial charge in [0, 0.05) is 6.42 Å². The van der Waals surface area contributed by atoms with Crippen LogP contribution in [0.5, 0.6) is 0 Å². The van der Waals surface area contributed by atoms with Gasteiger partial charge in [-0.05, 0) is 70.6 Å². The summed E-state index contributed by atoms with van der Waals surface area (Å²) in [6, 6.07) is -0.711. The lowest BCUT2D eigenvalue weighted by Gasteiger charge is -2.24. The number of aliphatic hydroxyl groups is 2. The number of aliphatic hydroxyl groups excluding tert-OH is 2. The Morgan fingerprint density at radius 3 is 1.42 bits per heavy atom. The molecule has 1 amide bonds. The number of nitrogens with one attached hydrogen (secondary N) is 1. The zero-order chi connectivity index (χ0) is 43.1. The molecule has 0 saturated heterocycles. The molecule has 0 aromatic rings. The monoisotopic (exact) mass is 826 g/mol. The van der Waals surface area contributed by atoms with Gasteiger partial charge >= 0.3 is 5.97 Å². The van der Waals surface area contributed by atoms with Crippen molar-refractivity contribution in [2.45, 2.75) is 257 Å². The molecule has 0 radical (unpaired) electrons. The van der Waals surface area contributed by atoms with Crippen LogP contribution in [0.4, 0.5) is 0 Å². The van der Waals surface area contributed by atoms with E-state index >= 15 is 0 Å². The fraction of sp³-hybridized carbons (Fsp3) is 0.774. The number of allylic oxidation sites excluding steroid dienone is 10. The largest absolute Gasteiger partial charge is 0.462 e. The van der Waals surface area contributed by atoms with Gasteiger partial charge in [-0.15, -0.1) is 0 Å². The van der Waals surface area contributed by atoms with Crippen LogP contribution in [0.1, 0.15) is 239 Å². The molecule has 0 aliphatic carbocycles. The number of unbranched alkanes of at least 4 members (excludes halogenated alkanes) is 25. The average Bonchev–Trinajstić information content (AvgIpc) is 3.23. The lowest BCUT2D eigenvalue weighted by molar-refractivity contribution is -0.151. The maximum Gasteiger partial charge on any atom is 0.306 e. The third-order valence-electron chi connectivity index (χ3n) is 11.2. The van der Waals surface area contributed by atoms with Crippen molar-refractivity contribution < 1.29 is 24.5 Å². The standard InChI is InChI=1S/C53H95NO5/c1-4-7-10-13-16-19-22-25-26-28-31-34-37-40-43-46-53(58)59-49(44-41-38-35-32-29-27-23-20-17-14-11-8-5-2)47-52(57)54-50(48-55)51(56)45-42-39-36-33-30-24-21-18-15-12-9-6-3/h7,10,13,16-17,19-20,22-23,27,49-51,55-56H,4-6,8-9,11-12,14-15,18,21,24-26,28-48H2,1-3H3,(H,54,57)/b10-7+,16-13+,20-17+,22-19+,27-23+. The van der Waals surface area contributed by atoms with Crippen molar-refractivity contribution in [3.8, 4) is 0 Å². The molecule has 0 aliphatic rings. The third kappa shape index (κ3) is 42.1. The average molecular weight is 826 g/mol. The molecule has 6 nitrogen and oxygen atoms in total. The van der Waals surface area contributed by atoms with Crippen molar-refractivity contribution in [2.75, 3.05) is 6.61 Å². The minimum atomic E-state index is -0.795. The Labute approximate surface area is 365 Å². The van der Waals surface area contributed by atoms with E-state index < -0.39 is 18.2 Å². The molecule has 0 rings (SSSR count). The fourth-order valence-corrected chi connectivity index (χ4v) is 7.36. The summed E-state index contributed by atoms with van der Waals surface area (Å²) in [6.45, 7) is 6.31. The topological polar surface area (TPSA) is 95.9 Å². The van der Waals surface area contributed by atoms with Crippen LogP contribution < -0.4 is 5.32 Å². The van der Waals surface area contributed by atoms with Gasteiger partial charge in [0.25, 0.3) is 0 Å². The van der Waals surface area contributed by atoms with Crippen LogP contribution in [-0.2, 0) is 14.3 Å². The molecule has 342 valence electrons. The second kappa shape index (κ2) is 46.6. The summed E-state index contributed by atoms with van der Waals surface area (Å²) in [7, 11) is 0. The van der Waals surface area contributed by atoms with Crippen molar-refractivity contribution in [3.63, 3.8) is 0 Å². The molecule has 59 heavy (non-hydrogen) atoms. The maximum absolute atomic E-state index is 13.2.